The monoisotopic (exact) mass is 396 g/mol. The minimum Gasteiger partial charge on any atom is -0.352 e. The van der Waals surface area contributed by atoms with Crippen molar-refractivity contribution in [2.45, 2.75) is 19.4 Å². The molecular formula is C21H21FN4O3. The van der Waals surface area contributed by atoms with Crippen LogP contribution in [0, 0.1) is 5.82 Å². The second kappa shape index (κ2) is 9.09. The number of halogens is 1. The minimum atomic E-state index is -0.342. The summed E-state index contributed by atoms with van der Waals surface area (Å²) in [5, 5.41) is 6.67. The maximum atomic E-state index is 13.0. The molecule has 0 radical (unpaired) electrons. The van der Waals surface area contributed by atoms with Crippen LogP contribution in [0.2, 0.25) is 0 Å². The quantitative estimate of drug-likeness (QED) is 0.663. The van der Waals surface area contributed by atoms with Gasteiger partial charge >= 0.3 is 0 Å². The third-order valence-electron chi connectivity index (χ3n) is 4.21. The smallest absolute Gasteiger partial charge is 0.253 e. The molecule has 0 saturated heterocycles. The number of carbonyl (C=O) groups is 2. The first-order valence-corrected chi connectivity index (χ1v) is 9.08. The summed E-state index contributed by atoms with van der Waals surface area (Å²) >= 11 is 0. The van der Waals surface area contributed by atoms with Gasteiger partial charge in [-0.3, -0.25) is 9.59 Å². The van der Waals surface area contributed by atoms with Gasteiger partial charge in [-0.15, -0.1) is 0 Å². The highest BCUT2D eigenvalue weighted by atomic mass is 19.1. The summed E-state index contributed by atoms with van der Waals surface area (Å²) in [6.07, 6.45) is 0.473. The first-order valence-electron chi connectivity index (χ1n) is 9.08. The highest BCUT2D eigenvalue weighted by Gasteiger charge is 2.12. The Labute approximate surface area is 167 Å². The SMILES string of the molecule is CN(C)C(=O)c1cccc(CNC(=O)CCc2nc(-c3ccc(F)cc3)no2)c1. The van der Waals surface area contributed by atoms with Crippen LogP contribution in [-0.2, 0) is 17.8 Å². The van der Waals surface area contributed by atoms with Crippen LogP contribution in [0.15, 0.2) is 53.1 Å². The van der Waals surface area contributed by atoms with E-state index in [4.69, 9.17) is 4.52 Å². The lowest BCUT2D eigenvalue weighted by Gasteiger charge is -2.11. The summed E-state index contributed by atoms with van der Waals surface area (Å²) < 4.78 is 18.1. The average molecular weight is 396 g/mol. The number of aromatic nitrogens is 2. The van der Waals surface area contributed by atoms with Gasteiger partial charge in [-0.1, -0.05) is 17.3 Å². The molecular weight excluding hydrogens is 375 g/mol. The molecule has 0 aliphatic rings. The molecule has 0 spiro atoms. The summed E-state index contributed by atoms with van der Waals surface area (Å²) in [5.41, 5.74) is 2.04. The molecule has 0 fully saturated rings. The molecule has 8 heteroatoms. The standard InChI is InChI=1S/C21H21FN4O3/c1-26(2)21(28)16-5-3-4-14(12-16)13-23-18(27)10-11-19-24-20(25-29-19)15-6-8-17(22)9-7-15/h3-9,12H,10-11,13H2,1-2H3,(H,23,27). The Balaban J connectivity index is 1.50. The number of rotatable bonds is 7. The molecule has 3 rings (SSSR count). The van der Waals surface area contributed by atoms with Gasteiger partial charge in [0.15, 0.2) is 0 Å². The van der Waals surface area contributed by atoms with Gasteiger partial charge < -0.3 is 14.7 Å². The van der Waals surface area contributed by atoms with E-state index in [9.17, 15) is 14.0 Å². The van der Waals surface area contributed by atoms with Crippen LogP contribution >= 0.6 is 0 Å². The van der Waals surface area contributed by atoms with Gasteiger partial charge in [0.2, 0.25) is 17.6 Å². The van der Waals surface area contributed by atoms with Gasteiger partial charge in [-0.05, 0) is 42.0 Å². The zero-order chi connectivity index (χ0) is 20.8. The topological polar surface area (TPSA) is 88.3 Å². The van der Waals surface area contributed by atoms with Crippen molar-refractivity contribution in [3.8, 4) is 11.4 Å². The fourth-order valence-corrected chi connectivity index (χ4v) is 2.65. The predicted molar refractivity (Wildman–Crippen MR) is 104 cm³/mol. The van der Waals surface area contributed by atoms with Gasteiger partial charge in [0.05, 0.1) is 0 Å². The highest BCUT2D eigenvalue weighted by Crippen LogP contribution is 2.16. The first kappa shape index (κ1) is 20.2. The Morgan fingerprint density at radius 3 is 2.62 bits per heavy atom. The van der Waals surface area contributed by atoms with Gasteiger partial charge in [0.25, 0.3) is 5.91 Å². The largest absolute Gasteiger partial charge is 0.352 e. The highest BCUT2D eigenvalue weighted by molar-refractivity contribution is 5.94. The molecule has 1 heterocycles. The van der Waals surface area contributed by atoms with Crippen LogP contribution < -0.4 is 5.32 Å². The molecule has 150 valence electrons. The van der Waals surface area contributed by atoms with Crippen molar-refractivity contribution in [2.75, 3.05) is 14.1 Å². The van der Waals surface area contributed by atoms with Crippen molar-refractivity contribution >= 4 is 11.8 Å². The number of hydrogen-bond donors (Lipinski definition) is 1. The van der Waals surface area contributed by atoms with Crippen molar-refractivity contribution in [1.29, 1.82) is 0 Å². The zero-order valence-corrected chi connectivity index (χ0v) is 16.2. The Bertz CT molecular complexity index is 999. The Kier molecular flexibility index (Phi) is 6.33. The number of carbonyl (C=O) groups excluding carboxylic acids is 2. The number of nitrogens with zero attached hydrogens (tertiary/aromatic N) is 3. The van der Waals surface area contributed by atoms with Crippen LogP contribution in [-0.4, -0.2) is 41.0 Å². The van der Waals surface area contributed by atoms with E-state index in [-0.39, 0.29) is 24.1 Å². The molecule has 2 aromatic carbocycles. The Morgan fingerprint density at radius 1 is 1.14 bits per heavy atom. The minimum absolute atomic E-state index is 0.0912. The van der Waals surface area contributed by atoms with Crippen molar-refractivity contribution in [1.82, 2.24) is 20.4 Å². The fraction of sp³-hybridized carbons (Fsp3) is 0.238. The van der Waals surface area contributed by atoms with E-state index < -0.39 is 0 Å². The lowest BCUT2D eigenvalue weighted by atomic mass is 10.1. The van der Waals surface area contributed by atoms with E-state index in [1.807, 2.05) is 6.07 Å². The number of aryl methyl sites for hydroxylation is 1. The fourth-order valence-electron chi connectivity index (χ4n) is 2.65. The van der Waals surface area contributed by atoms with E-state index in [1.54, 1.807) is 44.4 Å². The van der Waals surface area contributed by atoms with Gasteiger partial charge in [0, 0.05) is 44.6 Å². The summed E-state index contributed by atoms with van der Waals surface area (Å²) in [7, 11) is 3.38. The molecule has 0 aliphatic heterocycles. The van der Waals surface area contributed by atoms with E-state index in [2.05, 4.69) is 15.5 Å². The average Bonchev–Trinajstić information content (AvgIpc) is 3.20. The van der Waals surface area contributed by atoms with Crippen molar-refractivity contribution < 1.29 is 18.5 Å². The van der Waals surface area contributed by atoms with Crippen LogP contribution in [0.25, 0.3) is 11.4 Å². The number of nitrogens with one attached hydrogen (secondary N) is 1. The number of hydrogen-bond acceptors (Lipinski definition) is 5. The second-order valence-electron chi connectivity index (χ2n) is 6.70. The molecule has 29 heavy (non-hydrogen) atoms. The normalized spacial score (nSPS) is 10.6. The third kappa shape index (κ3) is 5.47. The maximum absolute atomic E-state index is 13.0. The van der Waals surface area contributed by atoms with Gasteiger partial charge in [-0.2, -0.15) is 4.98 Å². The van der Waals surface area contributed by atoms with E-state index in [0.29, 0.717) is 35.8 Å². The first-order chi connectivity index (χ1) is 13.9. The van der Waals surface area contributed by atoms with Crippen LogP contribution in [0.4, 0.5) is 4.39 Å². The van der Waals surface area contributed by atoms with E-state index >= 15 is 0 Å². The second-order valence-corrected chi connectivity index (χ2v) is 6.70. The van der Waals surface area contributed by atoms with Gasteiger partial charge in [-0.25, -0.2) is 4.39 Å². The molecule has 1 N–H and O–H groups in total. The molecule has 1 aromatic heterocycles. The summed E-state index contributed by atoms with van der Waals surface area (Å²) in [6.45, 7) is 0.318. The lowest BCUT2D eigenvalue weighted by Crippen LogP contribution is -2.24. The van der Waals surface area contributed by atoms with E-state index in [0.717, 1.165) is 5.56 Å². The molecule has 0 bridgehead atoms. The Morgan fingerprint density at radius 2 is 1.90 bits per heavy atom. The van der Waals surface area contributed by atoms with Crippen molar-refractivity contribution in [3.05, 3.63) is 71.4 Å². The number of amides is 2. The van der Waals surface area contributed by atoms with Crippen LogP contribution in [0.1, 0.15) is 28.2 Å². The molecule has 2 amide bonds. The molecule has 0 unspecified atom stereocenters. The maximum Gasteiger partial charge on any atom is 0.253 e. The molecule has 0 atom stereocenters. The molecule has 0 aliphatic carbocycles. The predicted octanol–water partition coefficient (Wildman–Crippen LogP) is 2.83. The van der Waals surface area contributed by atoms with Gasteiger partial charge in [0.1, 0.15) is 5.82 Å². The molecule has 3 aromatic rings. The van der Waals surface area contributed by atoms with Crippen LogP contribution in [0.5, 0.6) is 0 Å². The van der Waals surface area contributed by atoms with E-state index in [1.165, 1.54) is 17.0 Å². The Hall–Kier alpha value is -3.55. The van der Waals surface area contributed by atoms with Crippen LogP contribution in [0.3, 0.4) is 0 Å². The third-order valence-corrected chi connectivity index (χ3v) is 4.21. The molecule has 0 saturated carbocycles. The number of benzene rings is 2. The zero-order valence-electron chi connectivity index (χ0n) is 16.2. The molecule has 7 nitrogen and oxygen atoms in total. The lowest BCUT2D eigenvalue weighted by molar-refractivity contribution is -0.121. The summed E-state index contributed by atoms with van der Waals surface area (Å²) in [4.78, 5) is 29.9. The summed E-state index contributed by atoms with van der Waals surface area (Å²) in [6, 6.07) is 12.9. The van der Waals surface area contributed by atoms with Crippen molar-refractivity contribution in [3.63, 3.8) is 0 Å². The summed E-state index contributed by atoms with van der Waals surface area (Å²) in [5.74, 6) is 0.0778. The van der Waals surface area contributed by atoms with Crippen molar-refractivity contribution in [2.24, 2.45) is 0 Å².